The maximum atomic E-state index is 13.9. The van der Waals surface area contributed by atoms with Gasteiger partial charge in [0.15, 0.2) is 0 Å². The van der Waals surface area contributed by atoms with E-state index in [0.29, 0.717) is 16.5 Å². The van der Waals surface area contributed by atoms with Crippen molar-refractivity contribution in [3.63, 3.8) is 0 Å². The predicted octanol–water partition coefficient (Wildman–Crippen LogP) is 6.71. The number of carbonyl (C=O) groups is 2. The van der Waals surface area contributed by atoms with Crippen molar-refractivity contribution in [2.24, 2.45) is 0 Å². The van der Waals surface area contributed by atoms with Gasteiger partial charge in [-0.25, -0.2) is 0 Å². The molecule has 0 heterocycles. The summed E-state index contributed by atoms with van der Waals surface area (Å²) in [5, 5.41) is 3.96. The first-order valence-corrected chi connectivity index (χ1v) is 13.1. The molecule has 2 atom stereocenters. The van der Waals surface area contributed by atoms with Gasteiger partial charge in [0.25, 0.3) is 0 Å². The van der Waals surface area contributed by atoms with Crippen molar-refractivity contribution in [2.45, 2.75) is 65.6 Å². The molecule has 0 spiro atoms. The molecule has 0 aromatic heterocycles. The molecule has 0 fully saturated rings. The maximum Gasteiger partial charge on any atom is 0.243 e. The molecular formula is C30H34Cl2N2O2. The van der Waals surface area contributed by atoms with Crippen LogP contribution >= 0.6 is 23.2 Å². The standard InChI is InChI=1S/C30H34Cl2N2O2/c1-5-22(4)33-30(36)28(17-23-9-7-6-8-10-23)34(19-24-11-12-26(31)27(32)16-24)29(35)18-25-14-20(2)13-21(3)15-25/h6-16,22,28H,5,17-19H2,1-4H3,(H,33,36). The molecule has 0 aliphatic rings. The number of amides is 2. The number of hydrogen-bond donors (Lipinski definition) is 1. The minimum atomic E-state index is -0.686. The summed E-state index contributed by atoms with van der Waals surface area (Å²) in [4.78, 5) is 29.1. The van der Waals surface area contributed by atoms with Gasteiger partial charge in [-0.3, -0.25) is 9.59 Å². The Labute approximate surface area is 224 Å². The van der Waals surface area contributed by atoms with E-state index >= 15 is 0 Å². The van der Waals surface area contributed by atoms with Crippen molar-refractivity contribution < 1.29 is 9.59 Å². The summed E-state index contributed by atoms with van der Waals surface area (Å²) >= 11 is 12.4. The van der Waals surface area contributed by atoms with Crippen LogP contribution in [0.3, 0.4) is 0 Å². The average molecular weight is 526 g/mol. The van der Waals surface area contributed by atoms with Gasteiger partial charge < -0.3 is 10.2 Å². The molecule has 36 heavy (non-hydrogen) atoms. The predicted molar refractivity (Wildman–Crippen MR) is 148 cm³/mol. The highest BCUT2D eigenvalue weighted by Gasteiger charge is 2.31. The minimum Gasteiger partial charge on any atom is -0.352 e. The van der Waals surface area contributed by atoms with E-state index in [4.69, 9.17) is 23.2 Å². The monoisotopic (exact) mass is 524 g/mol. The Morgan fingerprint density at radius 3 is 2.14 bits per heavy atom. The van der Waals surface area contributed by atoms with Gasteiger partial charge >= 0.3 is 0 Å². The Balaban J connectivity index is 2.01. The third-order valence-corrected chi connectivity index (χ3v) is 6.98. The first-order chi connectivity index (χ1) is 17.2. The van der Waals surface area contributed by atoms with Crippen LogP contribution in [-0.2, 0) is 29.0 Å². The molecule has 190 valence electrons. The van der Waals surface area contributed by atoms with E-state index in [1.165, 1.54) is 0 Å². The lowest BCUT2D eigenvalue weighted by Gasteiger charge is -2.32. The smallest absolute Gasteiger partial charge is 0.243 e. The van der Waals surface area contributed by atoms with E-state index < -0.39 is 6.04 Å². The molecule has 1 N–H and O–H groups in total. The second-order valence-corrected chi connectivity index (χ2v) is 10.3. The van der Waals surface area contributed by atoms with Crippen molar-refractivity contribution in [1.82, 2.24) is 10.2 Å². The fraction of sp³-hybridized carbons (Fsp3) is 0.333. The van der Waals surface area contributed by atoms with E-state index in [0.717, 1.165) is 34.2 Å². The summed E-state index contributed by atoms with van der Waals surface area (Å²) in [6.45, 7) is 8.28. The zero-order chi connectivity index (χ0) is 26.2. The molecule has 0 aliphatic carbocycles. The van der Waals surface area contributed by atoms with Crippen molar-refractivity contribution in [1.29, 1.82) is 0 Å². The minimum absolute atomic E-state index is 0.00266. The van der Waals surface area contributed by atoms with Gasteiger partial charge in [-0.15, -0.1) is 0 Å². The van der Waals surface area contributed by atoms with Gasteiger partial charge in [-0.1, -0.05) is 95.8 Å². The summed E-state index contributed by atoms with van der Waals surface area (Å²) in [7, 11) is 0. The first-order valence-electron chi connectivity index (χ1n) is 12.3. The number of benzene rings is 3. The zero-order valence-electron chi connectivity index (χ0n) is 21.4. The lowest BCUT2D eigenvalue weighted by Crippen LogP contribution is -2.52. The number of carbonyl (C=O) groups excluding carboxylic acids is 2. The third-order valence-electron chi connectivity index (χ3n) is 6.25. The van der Waals surface area contributed by atoms with E-state index in [1.54, 1.807) is 17.0 Å². The van der Waals surface area contributed by atoms with E-state index in [2.05, 4.69) is 11.4 Å². The molecule has 3 aromatic carbocycles. The second kappa shape index (κ2) is 12.9. The molecule has 6 heteroatoms. The van der Waals surface area contributed by atoms with Crippen LogP contribution in [0.1, 0.15) is 48.1 Å². The summed E-state index contributed by atoms with van der Waals surface area (Å²) in [6, 6.07) is 20.6. The molecule has 3 rings (SSSR count). The third kappa shape index (κ3) is 7.84. The van der Waals surface area contributed by atoms with Crippen molar-refractivity contribution in [3.05, 3.63) is 105 Å². The maximum absolute atomic E-state index is 13.9. The molecule has 2 amide bonds. The van der Waals surface area contributed by atoms with Crippen molar-refractivity contribution in [2.75, 3.05) is 0 Å². The summed E-state index contributed by atoms with van der Waals surface area (Å²) < 4.78 is 0. The quantitative estimate of drug-likeness (QED) is 0.320. The van der Waals surface area contributed by atoms with E-state index in [9.17, 15) is 9.59 Å². The molecular weight excluding hydrogens is 491 g/mol. The molecule has 0 aliphatic heterocycles. The normalized spacial score (nSPS) is 12.6. The zero-order valence-corrected chi connectivity index (χ0v) is 22.9. The van der Waals surface area contributed by atoms with Gasteiger partial charge in [0.1, 0.15) is 6.04 Å². The van der Waals surface area contributed by atoms with Crippen LogP contribution < -0.4 is 5.32 Å². The van der Waals surface area contributed by atoms with Crippen LogP contribution in [0.4, 0.5) is 0 Å². The van der Waals surface area contributed by atoms with Crippen LogP contribution in [0.25, 0.3) is 0 Å². The Morgan fingerprint density at radius 2 is 1.53 bits per heavy atom. The van der Waals surface area contributed by atoms with Crippen LogP contribution in [0.5, 0.6) is 0 Å². The summed E-state index contributed by atoms with van der Waals surface area (Å²) in [5.74, 6) is -0.284. The Bertz CT molecular complexity index is 1180. The number of nitrogens with one attached hydrogen (secondary N) is 1. The number of nitrogens with zero attached hydrogens (tertiary/aromatic N) is 1. The molecule has 0 saturated carbocycles. The van der Waals surface area contributed by atoms with Gasteiger partial charge in [-0.2, -0.15) is 0 Å². The fourth-order valence-corrected chi connectivity index (χ4v) is 4.60. The largest absolute Gasteiger partial charge is 0.352 e. The molecule has 2 unspecified atom stereocenters. The number of hydrogen-bond acceptors (Lipinski definition) is 2. The van der Waals surface area contributed by atoms with Crippen LogP contribution in [-0.4, -0.2) is 28.8 Å². The molecule has 0 saturated heterocycles. The fourth-order valence-electron chi connectivity index (χ4n) is 4.28. The van der Waals surface area contributed by atoms with Crippen molar-refractivity contribution >= 4 is 35.0 Å². The molecule has 4 nitrogen and oxygen atoms in total. The van der Waals surface area contributed by atoms with Gasteiger partial charge in [0, 0.05) is 19.0 Å². The highest BCUT2D eigenvalue weighted by Crippen LogP contribution is 2.25. The Kier molecular flexibility index (Phi) is 9.98. The average Bonchev–Trinajstić information content (AvgIpc) is 2.83. The number of rotatable bonds is 10. The number of halogens is 2. The highest BCUT2D eigenvalue weighted by atomic mass is 35.5. The van der Waals surface area contributed by atoms with E-state index in [-0.39, 0.29) is 30.8 Å². The summed E-state index contributed by atoms with van der Waals surface area (Å²) in [6.07, 6.45) is 1.40. The van der Waals surface area contributed by atoms with Crippen LogP contribution in [0.2, 0.25) is 10.0 Å². The summed E-state index contributed by atoms with van der Waals surface area (Å²) in [5.41, 5.74) is 4.93. The SMILES string of the molecule is CCC(C)NC(=O)C(Cc1ccccc1)N(Cc1ccc(Cl)c(Cl)c1)C(=O)Cc1cc(C)cc(C)c1. The van der Waals surface area contributed by atoms with Gasteiger partial charge in [-0.05, 0) is 56.0 Å². The van der Waals surface area contributed by atoms with E-state index in [1.807, 2.05) is 76.2 Å². The molecule has 3 aromatic rings. The lowest BCUT2D eigenvalue weighted by molar-refractivity contribution is -0.141. The topological polar surface area (TPSA) is 49.4 Å². The Morgan fingerprint density at radius 1 is 0.861 bits per heavy atom. The van der Waals surface area contributed by atoms with Gasteiger partial charge in [0.2, 0.25) is 11.8 Å². The van der Waals surface area contributed by atoms with Crippen molar-refractivity contribution in [3.8, 4) is 0 Å². The van der Waals surface area contributed by atoms with Gasteiger partial charge in [0.05, 0.1) is 16.5 Å². The van der Waals surface area contributed by atoms with Crippen LogP contribution in [0, 0.1) is 13.8 Å². The molecule has 0 bridgehead atoms. The first kappa shape index (κ1) is 27.8. The lowest BCUT2D eigenvalue weighted by atomic mass is 10.00. The number of aryl methyl sites for hydroxylation is 2. The Hall–Kier alpha value is -2.82. The molecule has 0 radical (unpaired) electrons. The second-order valence-electron chi connectivity index (χ2n) is 9.47. The highest BCUT2D eigenvalue weighted by molar-refractivity contribution is 6.42. The van der Waals surface area contributed by atoms with Crippen LogP contribution in [0.15, 0.2) is 66.7 Å².